The lowest BCUT2D eigenvalue weighted by molar-refractivity contribution is -0.00766. The third-order valence-electron chi connectivity index (χ3n) is 3.99. The molecule has 1 N–H and O–H groups in total. The summed E-state index contributed by atoms with van der Waals surface area (Å²) < 4.78 is 34.3. The molecule has 6 heteroatoms. The number of rotatable bonds is 5. The van der Waals surface area contributed by atoms with Crippen LogP contribution in [0.25, 0.3) is 11.1 Å². The van der Waals surface area contributed by atoms with Gasteiger partial charge >= 0.3 is 0 Å². The number of anilines is 1. The fourth-order valence-corrected chi connectivity index (χ4v) is 2.82. The molecule has 3 rings (SSSR count). The number of halogens is 2. The predicted octanol–water partition coefficient (Wildman–Crippen LogP) is 3.13. The van der Waals surface area contributed by atoms with Crippen LogP contribution in [-0.4, -0.2) is 35.4 Å². The van der Waals surface area contributed by atoms with Crippen LogP contribution in [0.2, 0.25) is 0 Å². The first kappa shape index (κ1) is 16.8. The Morgan fingerprint density at radius 1 is 1.33 bits per heavy atom. The molecular formula is C18H20F2N2O2. The van der Waals surface area contributed by atoms with Crippen LogP contribution < -0.4 is 4.90 Å². The van der Waals surface area contributed by atoms with E-state index in [4.69, 9.17) is 9.84 Å². The molecule has 24 heavy (non-hydrogen) atoms. The van der Waals surface area contributed by atoms with Gasteiger partial charge in [-0.15, -0.1) is 0 Å². The van der Waals surface area contributed by atoms with Gasteiger partial charge in [-0.05, 0) is 19.9 Å². The first-order valence-electron chi connectivity index (χ1n) is 7.94. The molecule has 0 radical (unpaired) electrons. The van der Waals surface area contributed by atoms with Crippen LogP contribution >= 0.6 is 0 Å². The largest absolute Gasteiger partial charge is 0.392 e. The maximum atomic E-state index is 14.4. The van der Waals surface area contributed by atoms with Gasteiger partial charge in [0.15, 0.2) is 11.6 Å². The second kappa shape index (κ2) is 6.83. The monoisotopic (exact) mass is 334 g/mol. The average molecular weight is 334 g/mol. The van der Waals surface area contributed by atoms with Crippen LogP contribution in [0.15, 0.2) is 30.5 Å². The Labute approximate surface area is 139 Å². The fourth-order valence-electron chi connectivity index (χ4n) is 2.82. The molecule has 1 aromatic carbocycles. The Morgan fingerprint density at radius 3 is 2.71 bits per heavy atom. The molecule has 0 amide bonds. The van der Waals surface area contributed by atoms with Gasteiger partial charge in [-0.2, -0.15) is 0 Å². The molecule has 4 nitrogen and oxygen atoms in total. The minimum atomic E-state index is -0.553. The zero-order chi connectivity index (χ0) is 17.3. The smallest absolute Gasteiger partial charge is 0.166 e. The van der Waals surface area contributed by atoms with Gasteiger partial charge in [0.1, 0.15) is 5.82 Å². The van der Waals surface area contributed by atoms with Gasteiger partial charge in [0.2, 0.25) is 0 Å². The molecule has 1 aliphatic rings. The summed E-state index contributed by atoms with van der Waals surface area (Å²) >= 11 is 0. The minimum Gasteiger partial charge on any atom is -0.392 e. The van der Waals surface area contributed by atoms with E-state index in [-0.39, 0.29) is 29.2 Å². The summed E-state index contributed by atoms with van der Waals surface area (Å²) in [5.74, 6) is -0.798. The molecule has 0 unspecified atom stereocenters. The van der Waals surface area contributed by atoms with E-state index in [9.17, 15) is 8.78 Å². The fraction of sp³-hybridized carbons (Fsp3) is 0.389. The van der Waals surface area contributed by atoms with Crippen LogP contribution in [0.1, 0.15) is 19.4 Å². The van der Waals surface area contributed by atoms with Crippen molar-refractivity contribution in [2.24, 2.45) is 0 Å². The molecule has 1 aromatic heterocycles. The van der Waals surface area contributed by atoms with Crippen molar-refractivity contribution in [3.8, 4) is 11.1 Å². The molecule has 0 bridgehead atoms. The predicted molar refractivity (Wildman–Crippen MR) is 87.7 cm³/mol. The highest BCUT2D eigenvalue weighted by Crippen LogP contribution is 2.30. The van der Waals surface area contributed by atoms with E-state index in [0.717, 1.165) is 0 Å². The summed E-state index contributed by atoms with van der Waals surface area (Å²) in [4.78, 5) is 5.95. The number of aliphatic hydroxyl groups is 1. The highest BCUT2D eigenvalue weighted by Gasteiger charge is 2.31. The van der Waals surface area contributed by atoms with Gasteiger partial charge in [-0.3, -0.25) is 0 Å². The van der Waals surface area contributed by atoms with Crippen LogP contribution in [0.3, 0.4) is 0 Å². The topological polar surface area (TPSA) is 45.6 Å². The molecule has 128 valence electrons. The number of ether oxygens (including phenoxy) is 1. The van der Waals surface area contributed by atoms with E-state index < -0.39 is 18.2 Å². The molecular weight excluding hydrogens is 314 g/mol. The first-order valence-corrected chi connectivity index (χ1v) is 7.94. The quantitative estimate of drug-likeness (QED) is 0.912. The van der Waals surface area contributed by atoms with Crippen molar-refractivity contribution >= 4 is 5.82 Å². The zero-order valence-electron chi connectivity index (χ0n) is 13.7. The van der Waals surface area contributed by atoms with E-state index in [2.05, 4.69) is 4.98 Å². The van der Waals surface area contributed by atoms with E-state index in [1.165, 1.54) is 18.3 Å². The highest BCUT2D eigenvalue weighted by molar-refractivity contribution is 5.66. The van der Waals surface area contributed by atoms with Crippen LogP contribution in [0.4, 0.5) is 14.6 Å². The molecule has 0 aliphatic carbocycles. The van der Waals surface area contributed by atoms with Crippen molar-refractivity contribution in [2.45, 2.75) is 32.7 Å². The molecule has 0 spiro atoms. The first-order chi connectivity index (χ1) is 11.5. The van der Waals surface area contributed by atoms with Gasteiger partial charge in [-0.1, -0.05) is 18.2 Å². The highest BCUT2D eigenvalue weighted by atomic mass is 19.1. The third-order valence-corrected chi connectivity index (χ3v) is 3.99. The van der Waals surface area contributed by atoms with Crippen molar-refractivity contribution < 1.29 is 18.6 Å². The molecule has 2 heterocycles. The lowest BCUT2D eigenvalue weighted by Gasteiger charge is -2.40. The van der Waals surface area contributed by atoms with Crippen molar-refractivity contribution in [3.63, 3.8) is 0 Å². The number of benzene rings is 1. The summed E-state index contributed by atoms with van der Waals surface area (Å²) in [6.07, 6.45) is 1.68. The summed E-state index contributed by atoms with van der Waals surface area (Å²) in [5.41, 5.74) is 0.747. The van der Waals surface area contributed by atoms with E-state index in [1.54, 1.807) is 17.0 Å². The molecule has 1 saturated heterocycles. The van der Waals surface area contributed by atoms with Gasteiger partial charge < -0.3 is 14.7 Å². The number of hydrogen-bond acceptors (Lipinski definition) is 4. The average Bonchev–Trinajstić information content (AvgIpc) is 2.51. The van der Waals surface area contributed by atoms with E-state index in [1.807, 2.05) is 13.8 Å². The zero-order valence-corrected chi connectivity index (χ0v) is 13.7. The van der Waals surface area contributed by atoms with Crippen molar-refractivity contribution in [2.75, 3.05) is 18.0 Å². The van der Waals surface area contributed by atoms with Crippen LogP contribution in [0.5, 0.6) is 0 Å². The van der Waals surface area contributed by atoms with Crippen molar-refractivity contribution in [1.82, 2.24) is 4.98 Å². The van der Waals surface area contributed by atoms with Crippen LogP contribution in [-0.2, 0) is 11.3 Å². The van der Waals surface area contributed by atoms with Gasteiger partial charge in [0.05, 0.1) is 18.8 Å². The van der Waals surface area contributed by atoms with Gasteiger partial charge in [-0.25, -0.2) is 13.8 Å². The summed E-state index contributed by atoms with van der Waals surface area (Å²) in [5, 5.41) is 9.14. The molecule has 1 aliphatic heterocycles. The Kier molecular flexibility index (Phi) is 4.78. The van der Waals surface area contributed by atoms with Crippen LogP contribution in [0, 0.1) is 11.6 Å². The number of aliphatic hydroxyl groups excluding tert-OH is 1. The maximum absolute atomic E-state index is 14.4. The molecule has 0 atom stereocenters. The number of pyridine rings is 1. The standard InChI is InChI=1S/C18H20F2N2O2/c1-11(2)24-14-8-22(9-14)18-16(19)6-13(7-21-18)15-5-3-4-12(10-23)17(15)20/h3-7,11,14,23H,8-10H2,1-2H3. The number of aromatic nitrogens is 1. The minimum absolute atomic E-state index is 0.0876. The summed E-state index contributed by atoms with van der Waals surface area (Å²) in [7, 11) is 0. The molecule has 2 aromatic rings. The van der Waals surface area contributed by atoms with E-state index in [0.29, 0.717) is 18.7 Å². The second-order valence-corrected chi connectivity index (χ2v) is 6.18. The van der Waals surface area contributed by atoms with Crippen molar-refractivity contribution in [3.05, 3.63) is 47.7 Å². The Bertz CT molecular complexity index is 731. The lowest BCUT2D eigenvalue weighted by Crippen LogP contribution is -2.53. The van der Waals surface area contributed by atoms with Crippen molar-refractivity contribution in [1.29, 1.82) is 0 Å². The number of nitrogens with zero attached hydrogens (tertiary/aromatic N) is 2. The number of hydrogen-bond donors (Lipinski definition) is 1. The molecule has 1 fully saturated rings. The molecule has 0 saturated carbocycles. The second-order valence-electron chi connectivity index (χ2n) is 6.18. The summed E-state index contributed by atoms with van der Waals surface area (Å²) in [6, 6.07) is 5.93. The van der Waals surface area contributed by atoms with Gasteiger partial charge in [0.25, 0.3) is 0 Å². The maximum Gasteiger partial charge on any atom is 0.166 e. The summed E-state index contributed by atoms with van der Waals surface area (Å²) in [6.45, 7) is 4.71. The third kappa shape index (κ3) is 3.25. The SMILES string of the molecule is CC(C)OC1CN(c2ncc(-c3cccc(CO)c3F)cc2F)C1. The Hall–Kier alpha value is -2.05. The Balaban J connectivity index is 1.79. The van der Waals surface area contributed by atoms with Gasteiger partial charge in [0, 0.05) is 36.0 Å². The normalized spacial score (nSPS) is 15.0. The Morgan fingerprint density at radius 2 is 2.08 bits per heavy atom. The lowest BCUT2D eigenvalue weighted by atomic mass is 10.0. The van der Waals surface area contributed by atoms with E-state index >= 15 is 0 Å².